The molecule has 2 unspecified atom stereocenters. The van der Waals surface area contributed by atoms with Crippen LogP contribution in [0.5, 0.6) is 0 Å². The first-order chi connectivity index (χ1) is 23.7. The van der Waals surface area contributed by atoms with Gasteiger partial charge in [0, 0.05) is 37.5 Å². The summed E-state index contributed by atoms with van der Waals surface area (Å²) >= 11 is 1.22. The Labute approximate surface area is 292 Å². The summed E-state index contributed by atoms with van der Waals surface area (Å²) in [5.74, 6) is -1.65. The topological polar surface area (TPSA) is 121 Å². The second-order valence-electron chi connectivity index (χ2n) is 15.3. The Kier molecular flexibility index (Phi) is 8.99. The Hall–Kier alpha value is -3.56. The van der Waals surface area contributed by atoms with E-state index in [0.717, 1.165) is 31.4 Å². The van der Waals surface area contributed by atoms with Crippen molar-refractivity contribution in [1.82, 2.24) is 25.0 Å². The molecule has 1 aromatic heterocycles. The number of nitrogens with one attached hydrogen (secondary N) is 1. The van der Waals surface area contributed by atoms with Crippen molar-refractivity contribution in [2.75, 3.05) is 39.4 Å². The monoisotopic (exact) mass is 717 g/mol. The van der Waals surface area contributed by atoms with Gasteiger partial charge in [0.1, 0.15) is 10.9 Å². The zero-order chi connectivity index (χ0) is 35.6. The molecule has 1 spiro atoms. The highest BCUT2D eigenvalue weighted by molar-refractivity contribution is 7.11. The number of ether oxygens (including phenoxy) is 2. The van der Waals surface area contributed by atoms with Crippen molar-refractivity contribution < 1.29 is 41.8 Å². The van der Waals surface area contributed by atoms with E-state index in [9.17, 15) is 32.3 Å². The number of likely N-dealkylation sites (tertiary alicyclic amines) is 2. The van der Waals surface area contributed by atoms with Crippen LogP contribution in [0.3, 0.4) is 0 Å². The minimum atomic E-state index is -4.47. The van der Waals surface area contributed by atoms with Crippen molar-refractivity contribution in [1.29, 1.82) is 0 Å². The Morgan fingerprint density at radius 2 is 1.68 bits per heavy atom. The van der Waals surface area contributed by atoms with E-state index in [0.29, 0.717) is 36.7 Å². The van der Waals surface area contributed by atoms with Gasteiger partial charge in [0.25, 0.3) is 5.91 Å². The zero-order valence-electron chi connectivity index (χ0n) is 28.3. The molecule has 1 saturated carbocycles. The van der Waals surface area contributed by atoms with Crippen LogP contribution in [0, 0.1) is 22.7 Å². The first kappa shape index (κ1) is 34.9. The van der Waals surface area contributed by atoms with Crippen LogP contribution in [-0.2, 0) is 36.6 Å². The van der Waals surface area contributed by atoms with E-state index in [1.165, 1.54) is 29.7 Å². The third kappa shape index (κ3) is 6.52. The molecule has 1 aliphatic carbocycles. The van der Waals surface area contributed by atoms with E-state index < -0.39 is 41.1 Å². The molecule has 2 aromatic rings. The molecule has 270 valence electrons. The number of nitrogens with zero attached hydrogens (tertiary/aromatic N) is 4. The molecule has 6 atom stereocenters. The molecule has 5 aliphatic rings. The van der Waals surface area contributed by atoms with Crippen LogP contribution in [0.15, 0.2) is 36.0 Å². The third-order valence-corrected chi connectivity index (χ3v) is 12.1. The molecule has 5 fully saturated rings. The second-order valence-corrected chi connectivity index (χ2v) is 16.2. The summed E-state index contributed by atoms with van der Waals surface area (Å²) in [4.78, 5) is 65.2. The van der Waals surface area contributed by atoms with Crippen LogP contribution in [0.2, 0.25) is 0 Å². The molecule has 1 aromatic carbocycles. The van der Waals surface area contributed by atoms with E-state index in [2.05, 4.69) is 24.1 Å². The number of aromatic nitrogens is 1. The molecular weight excluding hydrogens is 675 g/mol. The summed E-state index contributed by atoms with van der Waals surface area (Å²) < 4.78 is 51.1. The van der Waals surface area contributed by atoms with Gasteiger partial charge in [0.15, 0.2) is 0 Å². The Morgan fingerprint density at radius 1 is 1.04 bits per heavy atom. The Morgan fingerprint density at radius 3 is 2.26 bits per heavy atom. The maximum absolute atomic E-state index is 14.4. The smallest absolute Gasteiger partial charge is 0.377 e. The lowest BCUT2D eigenvalue weighted by Gasteiger charge is -2.50. The molecule has 0 radical (unpaired) electrons. The van der Waals surface area contributed by atoms with E-state index in [-0.39, 0.29) is 60.8 Å². The van der Waals surface area contributed by atoms with Crippen LogP contribution in [0.4, 0.5) is 13.2 Å². The van der Waals surface area contributed by atoms with Crippen molar-refractivity contribution >= 4 is 35.0 Å². The van der Waals surface area contributed by atoms with Gasteiger partial charge in [-0.3, -0.25) is 24.2 Å². The fourth-order valence-electron chi connectivity index (χ4n) is 8.16. The highest BCUT2D eigenvalue weighted by Gasteiger charge is 2.62. The van der Waals surface area contributed by atoms with Crippen molar-refractivity contribution in [3.63, 3.8) is 0 Å². The Balaban J connectivity index is 1.11. The minimum Gasteiger partial charge on any atom is -0.377 e. The number of fused-ring (bicyclic) bond motifs is 2. The van der Waals surface area contributed by atoms with Crippen LogP contribution in [0.25, 0.3) is 0 Å². The molecule has 1 N–H and O–H groups in total. The first-order valence-corrected chi connectivity index (χ1v) is 18.0. The number of amides is 4. The van der Waals surface area contributed by atoms with Gasteiger partial charge in [0.05, 0.1) is 61.2 Å². The third-order valence-electron chi connectivity index (χ3n) is 11.4. The average Bonchev–Trinajstić information content (AvgIpc) is 3.46. The van der Waals surface area contributed by atoms with E-state index >= 15 is 0 Å². The molecule has 4 amide bonds. The van der Waals surface area contributed by atoms with Crippen LogP contribution in [-0.4, -0.2) is 107 Å². The Bertz CT molecular complexity index is 1610. The summed E-state index contributed by atoms with van der Waals surface area (Å²) in [5, 5.41) is 3.00. The molecule has 2 bridgehead atoms. The molecule has 4 saturated heterocycles. The lowest BCUT2D eigenvalue weighted by atomic mass is 9.70. The number of hydrogen-bond donors (Lipinski definition) is 1. The standard InChI is InChI=1S/C35H42F3N5O6S/c1-20(49-13-21-4-6-22(7-5-21)35(36,37)38)28(32(47)43-23-8-9-24(43)15-48-14-23)40-29(44)26-12-41(31(46)27-11-39-19-50-27)16-34(26)17-42(18-34)30(45)25-10-33(25,2)3/h4-7,11,19-20,23-26,28H,8-10,12-18H2,1-3H3,(H,40,44)/t20-,23?,24?,25-,26+,28+/m1/s1. The zero-order valence-corrected chi connectivity index (χ0v) is 29.1. The maximum Gasteiger partial charge on any atom is 0.416 e. The van der Waals surface area contributed by atoms with Crippen LogP contribution >= 0.6 is 11.3 Å². The first-order valence-electron chi connectivity index (χ1n) is 17.1. The quantitative estimate of drug-likeness (QED) is 0.421. The summed E-state index contributed by atoms with van der Waals surface area (Å²) in [6.45, 7) is 7.56. The van der Waals surface area contributed by atoms with E-state index in [4.69, 9.17) is 9.47 Å². The number of benzene rings is 1. The van der Waals surface area contributed by atoms with Crippen molar-refractivity contribution in [3.8, 4) is 0 Å². The molecule has 11 nitrogen and oxygen atoms in total. The summed E-state index contributed by atoms with van der Waals surface area (Å²) in [6.07, 6.45) is -1.45. The fourth-order valence-corrected chi connectivity index (χ4v) is 8.74. The summed E-state index contributed by atoms with van der Waals surface area (Å²) in [6, 6.07) is 3.25. The minimum absolute atomic E-state index is 0.0521. The largest absolute Gasteiger partial charge is 0.416 e. The van der Waals surface area contributed by atoms with Gasteiger partial charge < -0.3 is 29.5 Å². The predicted octanol–water partition coefficient (Wildman–Crippen LogP) is 3.59. The highest BCUT2D eigenvalue weighted by atomic mass is 32.1. The molecule has 15 heteroatoms. The number of carbonyl (C=O) groups is 4. The van der Waals surface area contributed by atoms with Crippen molar-refractivity contribution in [2.24, 2.45) is 22.7 Å². The number of morpholine rings is 1. The second kappa shape index (κ2) is 12.9. The number of rotatable bonds is 9. The van der Waals surface area contributed by atoms with E-state index in [1.807, 2.05) is 0 Å². The molecular formula is C35H42F3N5O6S. The molecule has 4 aliphatic heterocycles. The van der Waals surface area contributed by atoms with Gasteiger partial charge in [0.2, 0.25) is 17.7 Å². The van der Waals surface area contributed by atoms with Crippen molar-refractivity contribution in [3.05, 3.63) is 52.0 Å². The molecule has 5 heterocycles. The lowest BCUT2D eigenvalue weighted by Crippen LogP contribution is -2.66. The predicted molar refractivity (Wildman–Crippen MR) is 175 cm³/mol. The summed E-state index contributed by atoms with van der Waals surface area (Å²) in [5.41, 5.74) is 0.547. The fraction of sp³-hybridized carbons (Fsp3) is 0.629. The van der Waals surface area contributed by atoms with Gasteiger partial charge in [-0.2, -0.15) is 13.2 Å². The van der Waals surface area contributed by atoms with Gasteiger partial charge in [-0.15, -0.1) is 11.3 Å². The number of carbonyl (C=O) groups excluding carboxylic acids is 4. The van der Waals surface area contributed by atoms with Gasteiger partial charge >= 0.3 is 6.18 Å². The molecule has 50 heavy (non-hydrogen) atoms. The average molecular weight is 718 g/mol. The molecule has 7 rings (SSSR count). The maximum atomic E-state index is 14.4. The van der Waals surface area contributed by atoms with E-state index in [1.54, 1.807) is 27.1 Å². The number of alkyl halides is 3. The van der Waals surface area contributed by atoms with Crippen LogP contribution in [0.1, 0.15) is 60.8 Å². The van der Waals surface area contributed by atoms with Crippen LogP contribution < -0.4 is 5.32 Å². The summed E-state index contributed by atoms with van der Waals surface area (Å²) in [7, 11) is 0. The van der Waals surface area contributed by atoms with Gasteiger partial charge in [-0.25, -0.2) is 0 Å². The SMILES string of the molecule is C[C@@H](OCc1ccc(C(F)(F)F)cc1)[C@H](NC(=O)[C@@H]1CN(C(=O)c2cncs2)CC12CN(C(=O)[C@H]1CC1(C)C)C2)C(=O)N1C2CCC1COC2. The lowest BCUT2D eigenvalue weighted by molar-refractivity contribution is -0.154. The normalized spacial score (nSPS) is 27.5. The highest BCUT2D eigenvalue weighted by Crippen LogP contribution is 2.54. The number of thiazole rings is 1. The number of hydrogen-bond acceptors (Lipinski definition) is 8. The van der Waals surface area contributed by atoms with Gasteiger partial charge in [-0.05, 0) is 49.3 Å². The van der Waals surface area contributed by atoms with Crippen molar-refractivity contribution in [2.45, 2.75) is 77.0 Å². The van der Waals surface area contributed by atoms with Gasteiger partial charge in [-0.1, -0.05) is 26.0 Å². The number of halogens is 3.